The maximum atomic E-state index is 13.1. The monoisotopic (exact) mass is 173 g/mol. The normalized spacial score (nSPS) is 32.2. The van der Waals surface area contributed by atoms with Crippen LogP contribution in [-0.4, -0.2) is 29.7 Å². The molecule has 1 nitrogen and oxygen atoms in total. The highest BCUT2D eigenvalue weighted by Crippen LogP contribution is 2.27. The van der Waals surface area contributed by atoms with Crippen LogP contribution in [-0.2, 0) is 0 Å². The first-order chi connectivity index (χ1) is 5.52. The van der Waals surface area contributed by atoms with E-state index in [2.05, 4.69) is 32.6 Å². The second-order valence-electron chi connectivity index (χ2n) is 4.43. The third-order valence-corrected chi connectivity index (χ3v) is 2.76. The van der Waals surface area contributed by atoms with Crippen molar-refractivity contribution in [3.63, 3.8) is 0 Å². The molecule has 1 aliphatic heterocycles. The predicted octanol–water partition coefficient (Wildman–Crippen LogP) is 2.46. The predicted molar refractivity (Wildman–Crippen MR) is 50.0 cm³/mol. The minimum atomic E-state index is -0.597. The summed E-state index contributed by atoms with van der Waals surface area (Å²) in [7, 11) is 0. The first kappa shape index (κ1) is 9.97. The van der Waals surface area contributed by atoms with Crippen molar-refractivity contribution in [1.82, 2.24) is 4.90 Å². The summed E-state index contributed by atoms with van der Waals surface area (Å²) in [6.07, 6.45) is 0.135. The summed E-state index contributed by atoms with van der Waals surface area (Å²) in [5, 5.41) is 0. The molecule has 0 aliphatic carbocycles. The van der Waals surface area contributed by atoms with Gasteiger partial charge >= 0.3 is 0 Å². The van der Waals surface area contributed by atoms with E-state index >= 15 is 0 Å². The molecule has 1 fully saturated rings. The van der Waals surface area contributed by atoms with Crippen molar-refractivity contribution in [1.29, 1.82) is 0 Å². The molecule has 0 radical (unpaired) electrons. The van der Waals surface area contributed by atoms with E-state index in [1.165, 1.54) is 0 Å². The first-order valence-electron chi connectivity index (χ1n) is 4.92. The molecule has 1 heterocycles. The number of likely N-dealkylation sites (tertiary alicyclic amines) is 1. The summed E-state index contributed by atoms with van der Waals surface area (Å²) in [4.78, 5) is 2.29. The van der Waals surface area contributed by atoms with Gasteiger partial charge in [-0.2, -0.15) is 0 Å². The van der Waals surface area contributed by atoms with Crippen LogP contribution in [0.15, 0.2) is 0 Å². The molecule has 0 amide bonds. The van der Waals surface area contributed by atoms with Crippen molar-refractivity contribution in [3.8, 4) is 0 Å². The number of rotatable bonds is 2. The van der Waals surface area contributed by atoms with Gasteiger partial charge in [0.05, 0.1) is 0 Å². The standard InChI is InChI=1S/C10H20FN/c1-7(2)10-5-9(11)6-12(10)8(3)4/h7-10H,5-6H2,1-4H3/t9?,10-/m0/s1. The Balaban J connectivity index is 2.59. The average molecular weight is 173 g/mol. The lowest BCUT2D eigenvalue weighted by Gasteiger charge is -2.30. The van der Waals surface area contributed by atoms with Crippen LogP contribution in [0.25, 0.3) is 0 Å². The molecule has 1 rings (SSSR count). The molecule has 12 heavy (non-hydrogen) atoms. The third-order valence-electron chi connectivity index (χ3n) is 2.76. The van der Waals surface area contributed by atoms with Crippen LogP contribution in [0.3, 0.4) is 0 Å². The van der Waals surface area contributed by atoms with Gasteiger partial charge in [0, 0.05) is 18.6 Å². The van der Waals surface area contributed by atoms with Crippen molar-refractivity contribution in [2.75, 3.05) is 6.54 Å². The van der Waals surface area contributed by atoms with Gasteiger partial charge in [0.25, 0.3) is 0 Å². The van der Waals surface area contributed by atoms with Crippen molar-refractivity contribution >= 4 is 0 Å². The van der Waals surface area contributed by atoms with Gasteiger partial charge in [0.2, 0.25) is 0 Å². The quantitative estimate of drug-likeness (QED) is 0.620. The Hall–Kier alpha value is -0.110. The molecule has 1 saturated heterocycles. The lowest BCUT2D eigenvalue weighted by molar-refractivity contribution is 0.162. The highest BCUT2D eigenvalue weighted by Gasteiger charge is 2.34. The topological polar surface area (TPSA) is 3.24 Å². The van der Waals surface area contributed by atoms with E-state index in [-0.39, 0.29) is 0 Å². The lowest BCUT2D eigenvalue weighted by Crippen LogP contribution is -2.38. The van der Waals surface area contributed by atoms with Crippen molar-refractivity contribution in [2.24, 2.45) is 5.92 Å². The zero-order valence-corrected chi connectivity index (χ0v) is 8.55. The van der Waals surface area contributed by atoms with E-state index < -0.39 is 6.17 Å². The summed E-state index contributed by atoms with van der Waals surface area (Å²) >= 11 is 0. The molecule has 1 aliphatic rings. The van der Waals surface area contributed by atoms with Gasteiger partial charge in [0.15, 0.2) is 0 Å². The molecule has 2 atom stereocenters. The highest BCUT2D eigenvalue weighted by molar-refractivity contribution is 4.88. The molecule has 0 spiro atoms. The van der Waals surface area contributed by atoms with Crippen LogP contribution >= 0.6 is 0 Å². The Morgan fingerprint density at radius 1 is 1.25 bits per heavy atom. The highest BCUT2D eigenvalue weighted by atomic mass is 19.1. The summed E-state index contributed by atoms with van der Waals surface area (Å²) in [5.74, 6) is 0.577. The smallest absolute Gasteiger partial charge is 0.114 e. The maximum absolute atomic E-state index is 13.1. The fourth-order valence-corrected chi connectivity index (χ4v) is 2.08. The first-order valence-corrected chi connectivity index (χ1v) is 4.92. The Labute approximate surface area is 74.9 Å². The van der Waals surface area contributed by atoms with Gasteiger partial charge in [0.1, 0.15) is 6.17 Å². The fourth-order valence-electron chi connectivity index (χ4n) is 2.08. The van der Waals surface area contributed by atoms with Gasteiger partial charge < -0.3 is 0 Å². The fraction of sp³-hybridized carbons (Fsp3) is 1.00. The zero-order valence-electron chi connectivity index (χ0n) is 8.55. The van der Waals surface area contributed by atoms with E-state index in [0.29, 0.717) is 24.5 Å². The third kappa shape index (κ3) is 1.98. The Kier molecular flexibility index (Phi) is 3.10. The van der Waals surface area contributed by atoms with E-state index in [1.54, 1.807) is 0 Å². The number of alkyl halides is 1. The van der Waals surface area contributed by atoms with Crippen LogP contribution in [0.2, 0.25) is 0 Å². The Morgan fingerprint density at radius 2 is 1.83 bits per heavy atom. The van der Waals surface area contributed by atoms with E-state index in [9.17, 15) is 4.39 Å². The number of hydrogen-bond donors (Lipinski definition) is 0. The minimum Gasteiger partial charge on any atom is -0.295 e. The molecular weight excluding hydrogens is 153 g/mol. The average Bonchev–Trinajstić information content (AvgIpc) is 2.31. The van der Waals surface area contributed by atoms with Gasteiger partial charge in [-0.25, -0.2) is 4.39 Å². The van der Waals surface area contributed by atoms with Crippen LogP contribution in [0.1, 0.15) is 34.1 Å². The SMILES string of the molecule is CC(C)[C@@H]1CC(F)CN1C(C)C. The summed E-state index contributed by atoms with van der Waals surface area (Å²) in [6, 6.07) is 0.943. The van der Waals surface area contributed by atoms with Crippen LogP contribution < -0.4 is 0 Å². The summed E-state index contributed by atoms with van der Waals surface area (Å²) in [5.41, 5.74) is 0. The summed E-state index contributed by atoms with van der Waals surface area (Å²) in [6.45, 7) is 9.29. The van der Waals surface area contributed by atoms with E-state index in [1.807, 2.05) is 0 Å². The largest absolute Gasteiger partial charge is 0.295 e. The lowest BCUT2D eigenvalue weighted by atomic mass is 10.0. The Morgan fingerprint density at radius 3 is 2.17 bits per heavy atom. The molecule has 72 valence electrons. The van der Waals surface area contributed by atoms with Gasteiger partial charge in [-0.05, 0) is 26.2 Å². The van der Waals surface area contributed by atoms with Crippen molar-refractivity contribution in [2.45, 2.75) is 52.4 Å². The molecule has 0 aromatic heterocycles. The van der Waals surface area contributed by atoms with E-state index in [0.717, 1.165) is 6.42 Å². The molecule has 0 aromatic carbocycles. The zero-order chi connectivity index (χ0) is 9.30. The van der Waals surface area contributed by atoms with Gasteiger partial charge in [-0.3, -0.25) is 4.90 Å². The maximum Gasteiger partial charge on any atom is 0.114 e. The molecule has 0 N–H and O–H groups in total. The second kappa shape index (κ2) is 3.73. The number of halogens is 1. The van der Waals surface area contributed by atoms with Gasteiger partial charge in [-0.15, -0.1) is 0 Å². The Bertz CT molecular complexity index is 129. The molecular formula is C10H20FN. The van der Waals surface area contributed by atoms with Crippen molar-refractivity contribution < 1.29 is 4.39 Å². The van der Waals surface area contributed by atoms with E-state index in [4.69, 9.17) is 0 Å². The van der Waals surface area contributed by atoms with Crippen LogP contribution in [0, 0.1) is 5.92 Å². The van der Waals surface area contributed by atoms with Gasteiger partial charge in [-0.1, -0.05) is 13.8 Å². The summed E-state index contributed by atoms with van der Waals surface area (Å²) < 4.78 is 13.1. The molecule has 0 bridgehead atoms. The molecule has 1 unspecified atom stereocenters. The number of nitrogens with zero attached hydrogens (tertiary/aromatic N) is 1. The molecule has 0 aromatic rings. The molecule has 0 saturated carbocycles. The minimum absolute atomic E-state index is 0.458. The van der Waals surface area contributed by atoms with Crippen molar-refractivity contribution in [3.05, 3.63) is 0 Å². The number of hydrogen-bond acceptors (Lipinski definition) is 1. The van der Waals surface area contributed by atoms with Crippen LogP contribution in [0.5, 0.6) is 0 Å². The molecule has 2 heteroatoms. The van der Waals surface area contributed by atoms with Crippen LogP contribution in [0.4, 0.5) is 4.39 Å². The second-order valence-corrected chi connectivity index (χ2v) is 4.43.